The third-order valence-corrected chi connectivity index (χ3v) is 4.84. The van der Waals surface area contributed by atoms with Crippen molar-refractivity contribution in [3.05, 3.63) is 0 Å². The van der Waals surface area contributed by atoms with Crippen LogP contribution in [0, 0.1) is 5.92 Å². The Morgan fingerprint density at radius 1 is 1.15 bits per heavy atom. The van der Waals surface area contributed by atoms with Gasteiger partial charge in [0.15, 0.2) is 0 Å². The summed E-state index contributed by atoms with van der Waals surface area (Å²) in [6, 6.07) is -0.178. The average molecular weight is 371 g/mol. The van der Waals surface area contributed by atoms with Crippen LogP contribution in [-0.2, 0) is 19.0 Å². The van der Waals surface area contributed by atoms with E-state index < -0.39 is 17.8 Å². The molecule has 1 aliphatic heterocycles. The third kappa shape index (κ3) is 6.13. The Balaban J connectivity index is 1.79. The number of nitrogens with zero attached hydrogens (tertiary/aromatic N) is 1. The molecule has 0 aromatic heterocycles. The van der Waals surface area contributed by atoms with Gasteiger partial charge in [-0.1, -0.05) is 0 Å². The van der Waals surface area contributed by atoms with Crippen molar-refractivity contribution in [2.45, 2.75) is 83.6 Å². The van der Waals surface area contributed by atoms with Gasteiger partial charge in [-0.3, -0.25) is 4.79 Å². The first-order valence-corrected chi connectivity index (χ1v) is 9.65. The van der Waals surface area contributed by atoms with Crippen molar-refractivity contribution >= 4 is 12.1 Å². The van der Waals surface area contributed by atoms with Crippen molar-refractivity contribution < 1.29 is 28.9 Å². The van der Waals surface area contributed by atoms with Crippen molar-refractivity contribution in [2.75, 3.05) is 19.8 Å². The zero-order valence-corrected chi connectivity index (χ0v) is 16.4. The molecule has 1 amide bonds. The zero-order valence-electron chi connectivity index (χ0n) is 16.4. The van der Waals surface area contributed by atoms with E-state index in [1.54, 1.807) is 4.90 Å². The van der Waals surface area contributed by atoms with E-state index in [1.165, 1.54) is 0 Å². The molecule has 7 heteroatoms. The minimum absolute atomic E-state index is 0.0265. The Morgan fingerprint density at radius 2 is 1.81 bits per heavy atom. The highest BCUT2D eigenvalue weighted by Gasteiger charge is 2.37. The number of carbonyl (C=O) groups is 2. The van der Waals surface area contributed by atoms with E-state index in [1.807, 2.05) is 27.7 Å². The Hall–Kier alpha value is -1.34. The topological polar surface area (TPSA) is 85.3 Å². The van der Waals surface area contributed by atoms with Crippen LogP contribution in [0.25, 0.3) is 0 Å². The quantitative estimate of drug-likeness (QED) is 0.748. The van der Waals surface area contributed by atoms with Gasteiger partial charge in [-0.05, 0) is 59.8 Å². The lowest BCUT2D eigenvalue weighted by molar-refractivity contribution is -0.150. The number of amides is 1. The number of aliphatic hydroxyl groups excluding tert-OH is 1. The molecule has 1 aliphatic carbocycles. The van der Waals surface area contributed by atoms with Gasteiger partial charge in [-0.15, -0.1) is 0 Å². The van der Waals surface area contributed by atoms with Gasteiger partial charge in [-0.25, -0.2) is 4.79 Å². The van der Waals surface area contributed by atoms with Gasteiger partial charge < -0.3 is 24.2 Å². The fourth-order valence-corrected chi connectivity index (χ4v) is 3.57. The van der Waals surface area contributed by atoms with Crippen molar-refractivity contribution in [3.8, 4) is 0 Å². The van der Waals surface area contributed by atoms with Crippen molar-refractivity contribution in [2.24, 2.45) is 5.92 Å². The molecule has 1 N–H and O–H groups in total. The van der Waals surface area contributed by atoms with Gasteiger partial charge in [0, 0.05) is 0 Å². The molecule has 7 nitrogen and oxygen atoms in total. The number of hydrogen-bond donors (Lipinski definition) is 1. The van der Waals surface area contributed by atoms with Crippen LogP contribution >= 0.6 is 0 Å². The summed E-state index contributed by atoms with van der Waals surface area (Å²) in [5.74, 6) is -0.137. The van der Waals surface area contributed by atoms with Crippen LogP contribution in [0.4, 0.5) is 4.79 Å². The summed E-state index contributed by atoms with van der Waals surface area (Å²) < 4.78 is 16.5. The van der Waals surface area contributed by atoms with E-state index in [4.69, 9.17) is 14.2 Å². The van der Waals surface area contributed by atoms with Crippen LogP contribution in [0.1, 0.15) is 59.8 Å². The van der Waals surface area contributed by atoms with E-state index in [0.29, 0.717) is 19.6 Å². The van der Waals surface area contributed by atoms with Gasteiger partial charge >= 0.3 is 12.1 Å². The minimum atomic E-state index is -0.568. The molecule has 0 unspecified atom stereocenters. The van der Waals surface area contributed by atoms with Gasteiger partial charge in [0.25, 0.3) is 0 Å². The molecule has 150 valence electrons. The van der Waals surface area contributed by atoms with Crippen LogP contribution in [0.5, 0.6) is 0 Å². The number of esters is 1. The fourth-order valence-electron chi connectivity index (χ4n) is 3.57. The summed E-state index contributed by atoms with van der Waals surface area (Å²) >= 11 is 0. The highest BCUT2D eigenvalue weighted by molar-refractivity contribution is 5.72. The van der Waals surface area contributed by atoms with E-state index >= 15 is 0 Å². The Kier molecular flexibility index (Phi) is 7.29. The lowest BCUT2D eigenvalue weighted by atomic mass is 9.87. The Morgan fingerprint density at radius 3 is 2.38 bits per heavy atom. The normalized spacial score (nSPS) is 29.5. The number of aliphatic hydroxyl groups is 1. The van der Waals surface area contributed by atoms with Gasteiger partial charge in [0.2, 0.25) is 0 Å². The average Bonchev–Trinajstić information content (AvgIpc) is 2.93. The molecular formula is C19H33NO6. The predicted molar refractivity (Wildman–Crippen MR) is 95.7 cm³/mol. The fraction of sp³-hybridized carbons (Fsp3) is 0.895. The second kappa shape index (κ2) is 9.04. The number of likely N-dealkylation sites (tertiary alicyclic amines) is 1. The number of β-amino-alcohol motifs (C(OH)–C–C–N with tert-alkyl or cyclic N) is 1. The van der Waals surface area contributed by atoms with Crippen LogP contribution < -0.4 is 0 Å². The van der Waals surface area contributed by atoms with Crippen molar-refractivity contribution in [1.82, 2.24) is 4.90 Å². The number of hydrogen-bond acceptors (Lipinski definition) is 6. The molecule has 26 heavy (non-hydrogen) atoms. The third-order valence-electron chi connectivity index (χ3n) is 4.84. The summed E-state index contributed by atoms with van der Waals surface area (Å²) in [6.07, 6.45) is 2.79. The van der Waals surface area contributed by atoms with E-state index in [0.717, 1.165) is 25.7 Å². The highest BCUT2D eigenvalue weighted by atomic mass is 16.6. The highest BCUT2D eigenvalue weighted by Crippen LogP contribution is 2.28. The zero-order chi connectivity index (χ0) is 19.3. The second-order valence-electron chi connectivity index (χ2n) is 8.24. The molecule has 2 aliphatic rings. The molecule has 2 fully saturated rings. The number of rotatable bonds is 5. The summed E-state index contributed by atoms with van der Waals surface area (Å²) in [4.78, 5) is 25.7. The standard InChI is InChI=1S/C19H33NO6/c1-5-24-17(22)13-6-8-16(9-7-13)25-12-14-10-15(21)11-20(14)18(23)26-19(2,3)4/h13-16,21H,5-12H2,1-4H3/t13?,14-,15+,16?/m0/s1. The van der Waals surface area contributed by atoms with Gasteiger partial charge in [0.05, 0.1) is 43.9 Å². The maximum atomic E-state index is 12.3. The van der Waals surface area contributed by atoms with Crippen LogP contribution in [0.2, 0.25) is 0 Å². The molecule has 1 heterocycles. The maximum Gasteiger partial charge on any atom is 0.410 e. The molecule has 0 bridgehead atoms. The number of ether oxygens (including phenoxy) is 3. The van der Waals surface area contributed by atoms with Crippen molar-refractivity contribution in [3.63, 3.8) is 0 Å². The van der Waals surface area contributed by atoms with Crippen LogP contribution in [-0.4, -0.2) is 65.7 Å². The van der Waals surface area contributed by atoms with Gasteiger partial charge in [0.1, 0.15) is 5.60 Å². The predicted octanol–water partition coefficient (Wildman–Crippen LogP) is 2.50. The summed E-state index contributed by atoms with van der Waals surface area (Å²) in [5, 5.41) is 9.94. The van der Waals surface area contributed by atoms with Crippen LogP contribution in [0.3, 0.4) is 0 Å². The SMILES string of the molecule is CCOC(=O)C1CCC(OC[C@@H]2C[C@@H](O)CN2C(=O)OC(C)(C)C)CC1. The van der Waals surface area contributed by atoms with E-state index in [-0.39, 0.29) is 30.6 Å². The molecule has 2 rings (SSSR count). The molecule has 0 spiro atoms. The maximum absolute atomic E-state index is 12.3. The first-order valence-electron chi connectivity index (χ1n) is 9.65. The molecule has 1 saturated carbocycles. The summed E-state index contributed by atoms with van der Waals surface area (Å²) in [7, 11) is 0. The van der Waals surface area contributed by atoms with Gasteiger partial charge in [-0.2, -0.15) is 0 Å². The molecule has 1 saturated heterocycles. The lowest BCUT2D eigenvalue weighted by Crippen LogP contribution is -2.42. The van der Waals surface area contributed by atoms with E-state index in [2.05, 4.69) is 0 Å². The Labute approximate surface area is 156 Å². The molecule has 2 atom stereocenters. The molecule has 0 aromatic rings. The monoisotopic (exact) mass is 371 g/mol. The minimum Gasteiger partial charge on any atom is -0.466 e. The smallest absolute Gasteiger partial charge is 0.410 e. The second-order valence-corrected chi connectivity index (χ2v) is 8.24. The van der Waals surface area contributed by atoms with Crippen LogP contribution in [0.15, 0.2) is 0 Å². The van der Waals surface area contributed by atoms with Crippen molar-refractivity contribution in [1.29, 1.82) is 0 Å². The molecular weight excluding hydrogens is 338 g/mol. The Bertz CT molecular complexity index is 481. The largest absolute Gasteiger partial charge is 0.466 e. The summed E-state index contributed by atoms with van der Waals surface area (Å²) in [6.45, 7) is 8.36. The first-order chi connectivity index (χ1) is 12.2. The first kappa shape index (κ1) is 21.0. The lowest BCUT2D eigenvalue weighted by Gasteiger charge is -2.31. The molecule has 0 radical (unpaired) electrons. The number of carbonyl (C=O) groups excluding carboxylic acids is 2. The van der Waals surface area contributed by atoms with E-state index in [9.17, 15) is 14.7 Å². The summed E-state index contributed by atoms with van der Waals surface area (Å²) in [5.41, 5.74) is -0.568. The molecule has 0 aromatic carbocycles.